The largest absolute Gasteiger partial charge is 0.379 e. The highest BCUT2D eigenvalue weighted by Crippen LogP contribution is 2.17. The van der Waals surface area contributed by atoms with E-state index in [4.69, 9.17) is 16.3 Å². The first-order chi connectivity index (χ1) is 8.11. The smallest absolute Gasteiger partial charge is 0.0518 e. The minimum atomic E-state index is 0.321. The molecule has 0 spiro atoms. The van der Waals surface area contributed by atoms with E-state index in [-0.39, 0.29) is 0 Å². The van der Waals surface area contributed by atoms with E-state index in [9.17, 15) is 0 Å². The molecule has 0 aliphatic heterocycles. The van der Waals surface area contributed by atoms with E-state index in [1.54, 1.807) is 0 Å². The maximum Gasteiger partial charge on any atom is 0.0518 e. The van der Waals surface area contributed by atoms with Gasteiger partial charge in [0.15, 0.2) is 0 Å². The Morgan fingerprint density at radius 1 is 1.24 bits per heavy atom. The number of halogens is 2. The van der Waals surface area contributed by atoms with Crippen molar-refractivity contribution >= 4 is 27.5 Å². The summed E-state index contributed by atoms with van der Waals surface area (Å²) in [7, 11) is 0. The highest BCUT2D eigenvalue weighted by molar-refractivity contribution is 9.09. The lowest BCUT2D eigenvalue weighted by molar-refractivity contribution is 0.0701. The first-order valence-electron chi connectivity index (χ1n) is 6.03. The molecule has 3 heteroatoms. The Bertz CT molecular complexity index is 311. The maximum absolute atomic E-state index is 5.87. The molecular formula is C14H20BrClO. The van der Waals surface area contributed by atoms with Crippen molar-refractivity contribution in [1.29, 1.82) is 0 Å². The number of hydrogen-bond donors (Lipinski definition) is 0. The lowest BCUT2D eigenvalue weighted by Gasteiger charge is -2.15. The molecule has 1 atom stereocenters. The fourth-order valence-corrected chi connectivity index (χ4v) is 2.34. The molecule has 1 nitrogen and oxygen atoms in total. The van der Waals surface area contributed by atoms with Crippen molar-refractivity contribution in [2.75, 3.05) is 11.9 Å². The van der Waals surface area contributed by atoms with Crippen LogP contribution in [0.15, 0.2) is 24.3 Å². The molecule has 96 valence electrons. The Kier molecular flexibility index (Phi) is 7.17. The number of rotatable bonds is 7. The molecule has 0 bridgehead atoms. The van der Waals surface area contributed by atoms with Crippen molar-refractivity contribution in [3.8, 4) is 0 Å². The third-order valence-corrected chi connectivity index (χ3v) is 3.80. The van der Waals surface area contributed by atoms with Crippen molar-refractivity contribution in [2.45, 2.75) is 32.8 Å². The third kappa shape index (κ3) is 6.44. The SMILES string of the molecule is CC(C)OCCC(CBr)Cc1ccc(Cl)cc1. The standard InChI is InChI=1S/C14H20BrClO/c1-11(2)17-8-7-13(10-15)9-12-3-5-14(16)6-4-12/h3-6,11,13H,7-10H2,1-2H3. The van der Waals surface area contributed by atoms with Crippen molar-refractivity contribution in [3.63, 3.8) is 0 Å². The lowest BCUT2D eigenvalue weighted by Crippen LogP contribution is -2.12. The zero-order valence-electron chi connectivity index (χ0n) is 10.5. The molecule has 0 heterocycles. The van der Waals surface area contributed by atoms with Crippen LogP contribution in [0.4, 0.5) is 0 Å². The highest BCUT2D eigenvalue weighted by atomic mass is 79.9. The first kappa shape index (κ1) is 15.0. The van der Waals surface area contributed by atoms with Gasteiger partial charge in [0.05, 0.1) is 6.10 Å². The second-order valence-corrected chi connectivity index (χ2v) is 5.64. The van der Waals surface area contributed by atoms with Crippen molar-refractivity contribution in [2.24, 2.45) is 5.92 Å². The van der Waals surface area contributed by atoms with Gasteiger partial charge in [0.2, 0.25) is 0 Å². The van der Waals surface area contributed by atoms with Gasteiger partial charge in [-0.05, 0) is 50.3 Å². The van der Waals surface area contributed by atoms with Crippen LogP contribution >= 0.6 is 27.5 Å². The van der Waals surface area contributed by atoms with Gasteiger partial charge >= 0.3 is 0 Å². The molecule has 1 aromatic carbocycles. The second-order valence-electron chi connectivity index (χ2n) is 4.56. The average molecular weight is 320 g/mol. The molecule has 0 amide bonds. The molecule has 0 fully saturated rings. The average Bonchev–Trinajstić information content (AvgIpc) is 2.30. The van der Waals surface area contributed by atoms with E-state index in [0.717, 1.165) is 29.8 Å². The molecule has 0 aromatic heterocycles. The van der Waals surface area contributed by atoms with Crippen molar-refractivity contribution in [3.05, 3.63) is 34.9 Å². The molecule has 0 saturated carbocycles. The summed E-state index contributed by atoms with van der Waals surface area (Å²) in [5.74, 6) is 0.620. The van der Waals surface area contributed by atoms with Crippen LogP contribution in [-0.2, 0) is 11.2 Å². The molecule has 0 aliphatic carbocycles. The van der Waals surface area contributed by atoms with E-state index in [0.29, 0.717) is 12.0 Å². The van der Waals surface area contributed by atoms with Gasteiger partial charge < -0.3 is 4.74 Å². The van der Waals surface area contributed by atoms with Crippen LogP contribution in [0.25, 0.3) is 0 Å². The van der Waals surface area contributed by atoms with Crippen LogP contribution in [0.3, 0.4) is 0 Å². The molecule has 1 unspecified atom stereocenters. The number of alkyl halides is 1. The molecule has 17 heavy (non-hydrogen) atoms. The molecule has 1 aromatic rings. The quantitative estimate of drug-likeness (QED) is 0.661. The minimum Gasteiger partial charge on any atom is -0.379 e. The van der Waals surface area contributed by atoms with Crippen molar-refractivity contribution in [1.82, 2.24) is 0 Å². The van der Waals surface area contributed by atoms with E-state index < -0.39 is 0 Å². The van der Waals surface area contributed by atoms with E-state index >= 15 is 0 Å². The van der Waals surface area contributed by atoms with Gasteiger partial charge in [-0.25, -0.2) is 0 Å². The zero-order valence-corrected chi connectivity index (χ0v) is 12.8. The highest BCUT2D eigenvalue weighted by Gasteiger charge is 2.09. The summed E-state index contributed by atoms with van der Waals surface area (Å²) in [5, 5.41) is 1.81. The molecule has 0 radical (unpaired) electrons. The van der Waals surface area contributed by atoms with Crippen LogP contribution in [0.5, 0.6) is 0 Å². The Hall–Kier alpha value is -0.0500. The summed E-state index contributed by atoms with van der Waals surface area (Å²) in [6.45, 7) is 4.98. The maximum atomic E-state index is 5.87. The Morgan fingerprint density at radius 3 is 2.41 bits per heavy atom. The predicted molar refractivity (Wildman–Crippen MR) is 78.1 cm³/mol. The van der Waals surface area contributed by atoms with Gasteiger partial charge in [-0.2, -0.15) is 0 Å². The summed E-state index contributed by atoms with van der Waals surface area (Å²) in [5.41, 5.74) is 1.34. The van der Waals surface area contributed by atoms with Crippen LogP contribution in [0, 0.1) is 5.92 Å². The third-order valence-electron chi connectivity index (χ3n) is 2.63. The summed E-state index contributed by atoms with van der Waals surface area (Å²) in [6, 6.07) is 8.10. The van der Waals surface area contributed by atoms with Gasteiger partial charge in [-0.1, -0.05) is 39.7 Å². The lowest BCUT2D eigenvalue weighted by atomic mass is 9.98. The predicted octanol–water partition coefficient (Wildman–Crippen LogP) is 4.71. The Morgan fingerprint density at radius 2 is 1.88 bits per heavy atom. The number of benzene rings is 1. The van der Waals surface area contributed by atoms with Gasteiger partial charge in [-0.3, -0.25) is 0 Å². The van der Waals surface area contributed by atoms with Crippen molar-refractivity contribution < 1.29 is 4.74 Å². The monoisotopic (exact) mass is 318 g/mol. The van der Waals surface area contributed by atoms with Crippen LogP contribution in [0.2, 0.25) is 5.02 Å². The van der Waals surface area contributed by atoms with Gasteiger partial charge in [0.25, 0.3) is 0 Å². The summed E-state index contributed by atoms with van der Waals surface area (Å²) < 4.78 is 5.59. The molecule has 1 rings (SSSR count). The summed E-state index contributed by atoms with van der Waals surface area (Å²) in [4.78, 5) is 0. The topological polar surface area (TPSA) is 9.23 Å². The first-order valence-corrected chi connectivity index (χ1v) is 7.53. The van der Waals surface area contributed by atoms with Crippen LogP contribution < -0.4 is 0 Å². The fourth-order valence-electron chi connectivity index (χ4n) is 1.66. The van der Waals surface area contributed by atoms with Crippen LogP contribution in [0.1, 0.15) is 25.8 Å². The van der Waals surface area contributed by atoms with E-state index in [1.165, 1.54) is 5.56 Å². The Balaban J connectivity index is 2.38. The molecule has 0 saturated heterocycles. The normalized spacial score (nSPS) is 13.0. The van der Waals surface area contributed by atoms with Gasteiger partial charge in [0, 0.05) is 17.0 Å². The number of hydrogen-bond acceptors (Lipinski definition) is 1. The number of ether oxygens (including phenoxy) is 1. The minimum absolute atomic E-state index is 0.321. The van der Waals surface area contributed by atoms with Crippen LogP contribution in [-0.4, -0.2) is 18.0 Å². The molecule has 0 N–H and O–H groups in total. The van der Waals surface area contributed by atoms with Gasteiger partial charge in [-0.15, -0.1) is 0 Å². The summed E-state index contributed by atoms with van der Waals surface area (Å²) >= 11 is 9.44. The zero-order chi connectivity index (χ0) is 12.7. The Labute approximate surface area is 118 Å². The van der Waals surface area contributed by atoms with E-state index in [2.05, 4.69) is 41.9 Å². The fraction of sp³-hybridized carbons (Fsp3) is 0.571. The summed E-state index contributed by atoms with van der Waals surface area (Å²) in [6.07, 6.45) is 2.48. The van der Waals surface area contributed by atoms with E-state index in [1.807, 2.05) is 12.1 Å². The van der Waals surface area contributed by atoms with Gasteiger partial charge in [0.1, 0.15) is 0 Å². The second kappa shape index (κ2) is 8.12. The molecular weight excluding hydrogens is 300 g/mol. The molecule has 0 aliphatic rings.